The molecule has 14 heavy (non-hydrogen) atoms. The lowest BCUT2D eigenvalue weighted by molar-refractivity contribution is -0.151. The fourth-order valence-electron chi connectivity index (χ4n) is 3.60. The van der Waals surface area contributed by atoms with Gasteiger partial charge < -0.3 is 5.11 Å². The third-order valence-corrected chi connectivity index (χ3v) is 4.17. The van der Waals surface area contributed by atoms with Crippen molar-refractivity contribution in [1.82, 2.24) is 0 Å². The van der Waals surface area contributed by atoms with Crippen molar-refractivity contribution in [2.45, 2.75) is 31.1 Å². The highest BCUT2D eigenvalue weighted by Gasteiger charge is 2.67. The van der Waals surface area contributed by atoms with Crippen LogP contribution in [0.4, 0.5) is 0 Å². The van der Waals surface area contributed by atoms with Crippen molar-refractivity contribution in [2.24, 2.45) is 5.41 Å². The fraction of sp³-hybridized carbons (Fsp3) is 0.538. The molecule has 1 heteroatoms. The normalized spacial score (nSPS) is 38.6. The molecule has 1 nitrogen and oxygen atoms in total. The summed E-state index contributed by atoms with van der Waals surface area (Å²) >= 11 is 0. The molecular formula is C13H16O. The van der Waals surface area contributed by atoms with Gasteiger partial charge in [-0.1, -0.05) is 30.3 Å². The van der Waals surface area contributed by atoms with Gasteiger partial charge in [-0.25, -0.2) is 0 Å². The molecule has 74 valence electrons. The number of hydrogen-bond donors (Lipinski definition) is 1. The third-order valence-electron chi connectivity index (χ3n) is 4.17. The van der Waals surface area contributed by atoms with Crippen LogP contribution in [0.15, 0.2) is 30.3 Å². The highest BCUT2D eigenvalue weighted by molar-refractivity contribution is 5.38. The van der Waals surface area contributed by atoms with Crippen LogP contribution < -0.4 is 0 Å². The maximum Gasteiger partial charge on any atom is 0.0436 e. The van der Waals surface area contributed by atoms with Crippen LogP contribution in [0, 0.1) is 5.41 Å². The van der Waals surface area contributed by atoms with E-state index in [4.69, 9.17) is 5.11 Å². The molecule has 3 aliphatic carbocycles. The lowest BCUT2D eigenvalue weighted by Crippen LogP contribution is -2.64. The Morgan fingerprint density at radius 3 is 2.29 bits per heavy atom. The second-order valence-corrected chi connectivity index (χ2v) is 5.15. The van der Waals surface area contributed by atoms with Crippen molar-refractivity contribution in [3.63, 3.8) is 0 Å². The Morgan fingerprint density at radius 1 is 1.07 bits per heavy atom. The van der Waals surface area contributed by atoms with E-state index < -0.39 is 0 Å². The minimum absolute atomic E-state index is 0.366. The molecule has 0 spiro atoms. The molecule has 0 amide bonds. The smallest absolute Gasteiger partial charge is 0.0436 e. The first-order valence-corrected chi connectivity index (χ1v) is 5.45. The van der Waals surface area contributed by atoms with E-state index in [2.05, 4.69) is 30.3 Å². The molecule has 0 saturated heterocycles. The zero-order valence-electron chi connectivity index (χ0n) is 8.37. The summed E-state index contributed by atoms with van der Waals surface area (Å²) < 4.78 is 0. The summed E-state index contributed by atoms with van der Waals surface area (Å²) in [6.07, 6.45) is 4.95. The number of aliphatic hydroxyl groups excluding tert-OH is 1. The molecule has 1 aromatic carbocycles. The molecule has 2 bridgehead atoms. The van der Waals surface area contributed by atoms with Crippen molar-refractivity contribution in [3.05, 3.63) is 35.9 Å². The highest BCUT2D eigenvalue weighted by Crippen LogP contribution is 2.74. The Kier molecular flexibility index (Phi) is 1.58. The molecule has 0 unspecified atom stereocenters. The Hall–Kier alpha value is -0.820. The van der Waals surface area contributed by atoms with Gasteiger partial charge in [-0.3, -0.25) is 0 Å². The molecule has 3 saturated carbocycles. The summed E-state index contributed by atoms with van der Waals surface area (Å²) in [6.45, 7) is 0.366. The van der Waals surface area contributed by atoms with Crippen LogP contribution in [0.3, 0.4) is 0 Å². The molecule has 0 aliphatic heterocycles. The topological polar surface area (TPSA) is 20.2 Å². The summed E-state index contributed by atoms with van der Waals surface area (Å²) in [6, 6.07) is 10.9. The molecular weight excluding hydrogens is 172 g/mol. The number of rotatable bonds is 3. The predicted molar refractivity (Wildman–Crippen MR) is 56.1 cm³/mol. The van der Waals surface area contributed by atoms with Gasteiger partial charge in [-0.05, 0) is 42.1 Å². The van der Waals surface area contributed by atoms with Gasteiger partial charge in [0.2, 0.25) is 0 Å². The minimum atomic E-state index is 0.366. The highest BCUT2D eigenvalue weighted by atomic mass is 16.3. The van der Waals surface area contributed by atoms with Crippen LogP contribution in [0.2, 0.25) is 0 Å². The molecule has 0 aromatic heterocycles. The van der Waals surface area contributed by atoms with Gasteiger partial charge in [0.25, 0.3) is 0 Å². The van der Waals surface area contributed by atoms with E-state index in [0.29, 0.717) is 17.4 Å². The molecule has 0 atom stereocenters. The van der Waals surface area contributed by atoms with E-state index >= 15 is 0 Å². The molecule has 4 rings (SSSR count). The summed E-state index contributed by atoms with van der Waals surface area (Å²) in [5.74, 6) is 0. The largest absolute Gasteiger partial charge is 0.396 e. The summed E-state index contributed by atoms with van der Waals surface area (Å²) in [7, 11) is 0. The Bertz CT molecular complexity index is 322. The third kappa shape index (κ3) is 0.936. The van der Waals surface area contributed by atoms with E-state index in [-0.39, 0.29) is 0 Å². The van der Waals surface area contributed by atoms with Crippen LogP contribution in [-0.4, -0.2) is 11.7 Å². The standard InChI is InChI=1S/C13H16O/c14-7-6-12-8-13(9-12,10-12)11-4-2-1-3-5-11/h1-5,14H,6-10H2. The average molecular weight is 188 g/mol. The molecule has 3 fully saturated rings. The fourth-order valence-corrected chi connectivity index (χ4v) is 3.60. The Balaban J connectivity index is 1.75. The van der Waals surface area contributed by atoms with Crippen LogP contribution in [0.5, 0.6) is 0 Å². The second-order valence-electron chi connectivity index (χ2n) is 5.15. The number of aliphatic hydroxyl groups is 1. The lowest BCUT2D eigenvalue weighted by atomic mass is 9.33. The van der Waals surface area contributed by atoms with Crippen molar-refractivity contribution < 1.29 is 5.11 Å². The van der Waals surface area contributed by atoms with E-state index in [1.54, 1.807) is 0 Å². The maximum atomic E-state index is 8.95. The van der Waals surface area contributed by atoms with Crippen molar-refractivity contribution in [3.8, 4) is 0 Å². The Morgan fingerprint density at radius 2 is 1.71 bits per heavy atom. The molecule has 1 aromatic rings. The van der Waals surface area contributed by atoms with Gasteiger partial charge in [0, 0.05) is 6.61 Å². The quantitative estimate of drug-likeness (QED) is 0.772. The van der Waals surface area contributed by atoms with E-state index in [0.717, 1.165) is 6.42 Å². The van der Waals surface area contributed by atoms with Gasteiger partial charge >= 0.3 is 0 Å². The van der Waals surface area contributed by atoms with E-state index in [1.807, 2.05) is 0 Å². The van der Waals surface area contributed by atoms with Crippen molar-refractivity contribution in [2.75, 3.05) is 6.61 Å². The van der Waals surface area contributed by atoms with Gasteiger partial charge in [-0.15, -0.1) is 0 Å². The first-order valence-electron chi connectivity index (χ1n) is 5.45. The molecule has 0 heterocycles. The first kappa shape index (κ1) is 8.49. The van der Waals surface area contributed by atoms with E-state index in [1.165, 1.54) is 24.8 Å². The zero-order chi connectivity index (χ0) is 9.65. The predicted octanol–water partition coefficient (Wildman–Crippen LogP) is 2.49. The number of benzene rings is 1. The first-order chi connectivity index (χ1) is 6.79. The molecule has 1 N–H and O–H groups in total. The summed E-state index contributed by atoms with van der Waals surface area (Å²) in [4.78, 5) is 0. The second kappa shape index (κ2) is 2.60. The van der Waals surface area contributed by atoms with Crippen molar-refractivity contribution in [1.29, 1.82) is 0 Å². The van der Waals surface area contributed by atoms with Gasteiger partial charge in [0.05, 0.1) is 0 Å². The summed E-state index contributed by atoms with van der Waals surface area (Å²) in [5, 5.41) is 8.95. The van der Waals surface area contributed by atoms with Crippen LogP contribution in [-0.2, 0) is 5.41 Å². The van der Waals surface area contributed by atoms with Gasteiger partial charge in [-0.2, -0.15) is 0 Å². The lowest BCUT2D eigenvalue weighted by Gasteiger charge is -2.71. The van der Waals surface area contributed by atoms with Gasteiger partial charge in [0.15, 0.2) is 0 Å². The Labute approximate surface area is 84.8 Å². The van der Waals surface area contributed by atoms with E-state index in [9.17, 15) is 0 Å². The zero-order valence-corrected chi connectivity index (χ0v) is 8.37. The average Bonchev–Trinajstić information content (AvgIpc) is 2.10. The molecule has 0 radical (unpaired) electrons. The summed E-state index contributed by atoms with van der Waals surface area (Å²) in [5.41, 5.74) is 2.56. The van der Waals surface area contributed by atoms with Crippen LogP contribution >= 0.6 is 0 Å². The molecule has 3 aliphatic rings. The number of hydrogen-bond acceptors (Lipinski definition) is 1. The van der Waals surface area contributed by atoms with Gasteiger partial charge in [0.1, 0.15) is 0 Å². The van der Waals surface area contributed by atoms with Crippen LogP contribution in [0.25, 0.3) is 0 Å². The minimum Gasteiger partial charge on any atom is -0.396 e. The van der Waals surface area contributed by atoms with Crippen molar-refractivity contribution >= 4 is 0 Å². The monoisotopic (exact) mass is 188 g/mol. The SMILES string of the molecule is OCCC12CC(c3ccccc3)(C1)C2. The maximum absolute atomic E-state index is 8.95. The van der Waals surface area contributed by atoms with Crippen LogP contribution in [0.1, 0.15) is 31.2 Å².